The summed E-state index contributed by atoms with van der Waals surface area (Å²) in [4.78, 5) is 29.3. The summed E-state index contributed by atoms with van der Waals surface area (Å²) in [5, 5.41) is 8.96. The number of rotatable bonds is 4. The van der Waals surface area contributed by atoms with Gasteiger partial charge in [-0.05, 0) is 18.1 Å². The molecule has 1 aromatic heterocycles. The van der Waals surface area contributed by atoms with Crippen LogP contribution in [-0.2, 0) is 11.3 Å². The maximum Gasteiger partial charge on any atom is 0.292 e. The van der Waals surface area contributed by atoms with Crippen LogP contribution in [0.5, 0.6) is 0 Å². The fourth-order valence-electron chi connectivity index (χ4n) is 2.35. The van der Waals surface area contributed by atoms with E-state index in [1.807, 2.05) is 24.3 Å². The van der Waals surface area contributed by atoms with Gasteiger partial charge in [0.25, 0.3) is 5.91 Å². The molecule has 1 aliphatic heterocycles. The predicted octanol–water partition coefficient (Wildman–Crippen LogP) is 1.18. The zero-order valence-electron chi connectivity index (χ0n) is 11.4. The van der Waals surface area contributed by atoms with E-state index in [0.29, 0.717) is 18.7 Å². The summed E-state index contributed by atoms with van der Waals surface area (Å²) in [6.07, 6.45) is 2.78. The molecule has 2 heterocycles. The van der Waals surface area contributed by atoms with Crippen molar-refractivity contribution in [2.24, 2.45) is 0 Å². The highest BCUT2D eigenvalue weighted by molar-refractivity contribution is 6.01. The zero-order valence-corrected chi connectivity index (χ0v) is 11.4. The number of carbonyl (C=O) groups is 2. The predicted molar refractivity (Wildman–Crippen MR) is 75.4 cm³/mol. The van der Waals surface area contributed by atoms with Crippen molar-refractivity contribution in [1.29, 1.82) is 0 Å². The fraction of sp³-hybridized carbons (Fsp3) is 0.286. The van der Waals surface area contributed by atoms with E-state index in [-0.39, 0.29) is 17.6 Å². The molecular formula is C14H15N5O2. The van der Waals surface area contributed by atoms with Gasteiger partial charge in [-0.3, -0.25) is 14.7 Å². The molecule has 0 saturated carbocycles. The highest BCUT2D eigenvalue weighted by atomic mass is 16.2. The smallest absolute Gasteiger partial charge is 0.292 e. The molecule has 2 aromatic rings. The van der Waals surface area contributed by atoms with Crippen molar-refractivity contribution in [3.05, 3.63) is 42.0 Å². The molecule has 1 aromatic carbocycles. The molecule has 7 heteroatoms. The number of amides is 2. The average Bonchev–Trinajstić information content (AvgIpc) is 3.13. The Kier molecular flexibility index (Phi) is 3.63. The van der Waals surface area contributed by atoms with Crippen molar-refractivity contribution in [3.8, 4) is 0 Å². The monoisotopic (exact) mass is 285 g/mol. The van der Waals surface area contributed by atoms with Crippen LogP contribution >= 0.6 is 0 Å². The van der Waals surface area contributed by atoms with Gasteiger partial charge in [-0.2, -0.15) is 5.10 Å². The summed E-state index contributed by atoms with van der Waals surface area (Å²) in [6, 6.07) is 7.44. The SMILES string of the molecule is O=C(Nc1ccccc1CN1CCCC1=O)c1ncn[nH]1. The van der Waals surface area contributed by atoms with Gasteiger partial charge in [-0.15, -0.1) is 0 Å². The molecular weight excluding hydrogens is 270 g/mol. The van der Waals surface area contributed by atoms with E-state index in [2.05, 4.69) is 20.5 Å². The number of hydrogen-bond acceptors (Lipinski definition) is 4. The first-order chi connectivity index (χ1) is 10.2. The van der Waals surface area contributed by atoms with Crippen molar-refractivity contribution >= 4 is 17.5 Å². The minimum Gasteiger partial charge on any atom is -0.338 e. The molecule has 0 spiro atoms. The largest absolute Gasteiger partial charge is 0.338 e. The van der Waals surface area contributed by atoms with Crippen LogP contribution in [-0.4, -0.2) is 38.4 Å². The van der Waals surface area contributed by atoms with Crippen molar-refractivity contribution in [3.63, 3.8) is 0 Å². The minimum absolute atomic E-state index is 0.155. The third-order valence-corrected chi connectivity index (χ3v) is 3.43. The topological polar surface area (TPSA) is 91.0 Å². The second-order valence-electron chi connectivity index (χ2n) is 4.86. The standard InChI is InChI=1S/C14H15N5O2/c20-12-6-3-7-19(12)8-10-4-1-2-5-11(10)17-14(21)13-15-9-16-18-13/h1-2,4-5,9H,3,6-8H2,(H,17,21)(H,15,16,18). The van der Waals surface area contributed by atoms with Gasteiger partial charge in [0.05, 0.1) is 0 Å². The number of nitrogens with one attached hydrogen (secondary N) is 2. The van der Waals surface area contributed by atoms with E-state index in [4.69, 9.17) is 0 Å². The number of para-hydroxylation sites is 1. The minimum atomic E-state index is -0.354. The number of carbonyl (C=O) groups excluding carboxylic acids is 2. The van der Waals surface area contributed by atoms with Gasteiger partial charge in [0.2, 0.25) is 11.7 Å². The summed E-state index contributed by atoms with van der Waals surface area (Å²) < 4.78 is 0. The van der Waals surface area contributed by atoms with Crippen molar-refractivity contribution in [2.75, 3.05) is 11.9 Å². The second-order valence-corrected chi connectivity index (χ2v) is 4.86. The van der Waals surface area contributed by atoms with Gasteiger partial charge < -0.3 is 10.2 Å². The van der Waals surface area contributed by atoms with Crippen LogP contribution < -0.4 is 5.32 Å². The number of likely N-dealkylation sites (tertiary alicyclic amines) is 1. The molecule has 1 saturated heterocycles. The summed E-state index contributed by atoms with van der Waals surface area (Å²) in [7, 11) is 0. The van der Waals surface area contributed by atoms with Crippen molar-refractivity contribution in [2.45, 2.75) is 19.4 Å². The molecule has 0 aliphatic carbocycles. The van der Waals surface area contributed by atoms with Gasteiger partial charge in [0.1, 0.15) is 6.33 Å². The molecule has 0 bridgehead atoms. The quantitative estimate of drug-likeness (QED) is 0.882. The third kappa shape index (κ3) is 2.91. The highest BCUT2D eigenvalue weighted by Gasteiger charge is 2.21. The van der Waals surface area contributed by atoms with Crippen LogP contribution in [0.3, 0.4) is 0 Å². The number of aromatic amines is 1. The molecule has 21 heavy (non-hydrogen) atoms. The van der Waals surface area contributed by atoms with Crippen LogP contribution in [0, 0.1) is 0 Å². The Bertz CT molecular complexity index is 653. The number of hydrogen-bond donors (Lipinski definition) is 2. The maximum absolute atomic E-state index is 12.0. The Balaban J connectivity index is 1.76. The molecule has 1 aliphatic rings. The number of H-pyrrole nitrogens is 1. The Morgan fingerprint density at radius 1 is 1.38 bits per heavy atom. The lowest BCUT2D eigenvalue weighted by Crippen LogP contribution is -2.25. The Labute approximate surface area is 121 Å². The first-order valence-corrected chi connectivity index (χ1v) is 6.76. The highest BCUT2D eigenvalue weighted by Crippen LogP contribution is 2.20. The Morgan fingerprint density at radius 3 is 2.95 bits per heavy atom. The van der Waals surface area contributed by atoms with Crippen LogP contribution in [0.1, 0.15) is 29.0 Å². The van der Waals surface area contributed by atoms with Crippen LogP contribution in [0.25, 0.3) is 0 Å². The van der Waals surface area contributed by atoms with Gasteiger partial charge in [-0.25, -0.2) is 4.98 Å². The zero-order chi connectivity index (χ0) is 14.7. The van der Waals surface area contributed by atoms with Gasteiger partial charge in [0, 0.05) is 25.2 Å². The van der Waals surface area contributed by atoms with Crippen molar-refractivity contribution in [1.82, 2.24) is 20.1 Å². The first-order valence-electron chi connectivity index (χ1n) is 6.76. The first kappa shape index (κ1) is 13.3. The van der Waals surface area contributed by atoms with Gasteiger partial charge in [0.15, 0.2) is 0 Å². The Morgan fingerprint density at radius 2 is 2.24 bits per heavy atom. The molecule has 0 unspecified atom stereocenters. The van der Waals surface area contributed by atoms with Crippen LogP contribution in [0.15, 0.2) is 30.6 Å². The van der Waals surface area contributed by atoms with E-state index in [1.165, 1.54) is 6.33 Å². The lowest BCUT2D eigenvalue weighted by Gasteiger charge is -2.18. The second kappa shape index (κ2) is 5.74. The summed E-state index contributed by atoms with van der Waals surface area (Å²) in [6.45, 7) is 1.27. The normalized spacial score (nSPS) is 14.5. The molecule has 1 fully saturated rings. The van der Waals surface area contributed by atoms with Gasteiger partial charge >= 0.3 is 0 Å². The number of nitrogens with zero attached hydrogens (tertiary/aromatic N) is 3. The molecule has 2 N–H and O–H groups in total. The fourth-order valence-corrected chi connectivity index (χ4v) is 2.35. The molecule has 0 atom stereocenters. The molecule has 2 amide bonds. The summed E-state index contributed by atoms with van der Waals surface area (Å²) >= 11 is 0. The molecule has 7 nitrogen and oxygen atoms in total. The van der Waals surface area contributed by atoms with E-state index < -0.39 is 0 Å². The molecule has 3 rings (SSSR count). The Hall–Kier alpha value is -2.70. The number of aromatic nitrogens is 3. The number of benzene rings is 1. The summed E-state index contributed by atoms with van der Waals surface area (Å²) in [5.41, 5.74) is 1.58. The van der Waals surface area contributed by atoms with E-state index in [1.54, 1.807) is 4.90 Å². The average molecular weight is 285 g/mol. The maximum atomic E-state index is 12.0. The van der Waals surface area contributed by atoms with Gasteiger partial charge in [-0.1, -0.05) is 18.2 Å². The van der Waals surface area contributed by atoms with E-state index in [0.717, 1.165) is 18.5 Å². The van der Waals surface area contributed by atoms with E-state index >= 15 is 0 Å². The van der Waals surface area contributed by atoms with E-state index in [9.17, 15) is 9.59 Å². The molecule has 108 valence electrons. The lowest BCUT2D eigenvalue weighted by atomic mass is 10.1. The lowest BCUT2D eigenvalue weighted by molar-refractivity contribution is -0.128. The molecule has 0 radical (unpaired) electrons. The number of anilines is 1. The summed E-state index contributed by atoms with van der Waals surface area (Å²) in [5.74, 6) is -0.0406. The van der Waals surface area contributed by atoms with Crippen molar-refractivity contribution < 1.29 is 9.59 Å². The van der Waals surface area contributed by atoms with Crippen LogP contribution in [0.4, 0.5) is 5.69 Å². The van der Waals surface area contributed by atoms with Crippen LogP contribution in [0.2, 0.25) is 0 Å². The third-order valence-electron chi connectivity index (χ3n) is 3.43.